The minimum atomic E-state index is -0.298. The number of hydrogen-bond donors (Lipinski definition) is 3. The molecule has 0 bridgehead atoms. The van der Waals surface area contributed by atoms with E-state index in [2.05, 4.69) is 27.5 Å². The lowest BCUT2D eigenvalue weighted by Crippen LogP contribution is -2.38. The fourth-order valence-electron chi connectivity index (χ4n) is 1.78. The van der Waals surface area contributed by atoms with E-state index in [1.807, 2.05) is 0 Å². The highest BCUT2D eigenvalue weighted by atomic mass is 16.5. The first-order valence-electron chi connectivity index (χ1n) is 6.49. The number of anilines is 1. The Bertz CT molecular complexity index is 516. The van der Waals surface area contributed by atoms with Crippen molar-refractivity contribution in [3.63, 3.8) is 0 Å². The summed E-state index contributed by atoms with van der Waals surface area (Å²) in [5, 5.41) is 14.1. The molecule has 20 heavy (non-hydrogen) atoms. The summed E-state index contributed by atoms with van der Waals surface area (Å²) in [6.45, 7) is 1.27. The third-order valence-corrected chi connectivity index (χ3v) is 2.74. The van der Waals surface area contributed by atoms with E-state index in [0.29, 0.717) is 25.5 Å². The van der Waals surface area contributed by atoms with E-state index in [1.54, 1.807) is 18.3 Å². The standard InChI is InChI=1S/C14H17N3O3/c18-7-2-1-3-11-4-6-15-13(9-11)17-14(19)16-12-5-8-20-10-12/h4,6,9,12,18H,2,5,7-8,10H2,(H2,15,16,17,19). The molecule has 3 N–H and O–H groups in total. The van der Waals surface area contributed by atoms with Crippen LogP contribution in [0.1, 0.15) is 18.4 Å². The normalized spacial score (nSPS) is 17.1. The van der Waals surface area contributed by atoms with Gasteiger partial charge in [-0.15, -0.1) is 0 Å². The van der Waals surface area contributed by atoms with Gasteiger partial charge in [0.25, 0.3) is 0 Å². The summed E-state index contributed by atoms with van der Waals surface area (Å²) in [7, 11) is 0. The lowest BCUT2D eigenvalue weighted by Gasteiger charge is -2.11. The molecule has 0 aromatic carbocycles. The molecule has 0 saturated carbocycles. The fraction of sp³-hybridized carbons (Fsp3) is 0.429. The van der Waals surface area contributed by atoms with E-state index in [9.17, 15) is 4.79 Å². The van der Waals surface area contributed by atoms with Crippen LogP contribution in [0.5, 0.6) is 0 Å². The largest absolute Gasteiger partial charge is 0.395 e. The van der Waals surface area contributed by atoms with Crippen molar-refractivity contribution < 1.29 is 14.6 Å². The zero-order valence-electron chi connectivity index (χ0n) is 11.1. The number of aliphatic hydroxyl groups excluding tert-OH is 1. The smallest absolute Gasteiger partial charge is 0.320 e. The molecule has 2 amide bonds. The number of aromatic nitrogens is 1. The second-order valence-electron chi connectivity index (χ2n) is 4.36. The average Bonchev–Trinajstić information content (AvgIpc) is 2.92. The molecule has 1 aromatic rings. The van der Waals surface area contributed by atoms with Gasteiger partial charge >= 0.3 is 6.03 Å². The number of rotatable bonds is 3. The number of ether oxygens (including phenoxy) is 1. The van der Waals surface area contributed by atoms with Crippen LogP contribution in [-0.2, 0) is 4.74 Å². The minimum absolute atomic E-state index is 0.0368. The molecule has 1 fully saturated rings. The molecule has 1 unspecified atom stereocenters. The minimum Gasteiger partial charge on any atom is -0.395 e. The van der Waals surface area contributed by atoms with Gasteiger partial charge in [-0.25, -0.2) is 9.78 Å². The Kier molecular flexibility index (Phi) is 5.35. The molecule has 1 aromatic heterocycles. The summed E-state index contributed by atoms with van der Waals surface area (Å²) in [5.74, 6) is 6.15. The van der Waals surface area contributed by atoms with Crippen molar-refractivity contribution >= 4 is 11.8 Å². The number of hydrogen-bond acceptors (Lipinski definition) is 4. The lowest BCUT2D eigenvalue weighted by molar-refractivity contribution is 0.189. The van der Waals surface area contributed by atoms with Crippen molar-refractivity contribution in [2.45, 2.75) is 18.9 Å². The van der Waals surface area contributed by atoms with Gasteiger partial charge in [-0.1, -0.05) is 11.8 Å². The van der Waals surface area contributed by atoms with E-state index in [4.69, 9.17) is 9.84 Å². The van der Waals surface area contributed by atoms with Crippen LogP contribution >= 0.6 is 0 Å². The monoisotopic (exact) mass is 275 g/mol. The summed E-state index contributed by atoms with van der Waals surface area (Å²) in [6.07, 6.45) is 2.83. The van der Waals surface area contributed by atoms with Crippen molar-refractivity contribution in [1.82, 2.24) is 10.3 Å². The van der Waals surface area contributed by atoms with Crippen molar-refractivity contribution in [2.24, 2.45) is 0 Å². The quantitative estimate of drug-likeness (QED) is 0.710. The van der Waals surface area contributed by atoms with Gasteiger partial charge < -0.3 is 15.2 Å². The average molecular weight is 275 g/mol. The van der Waals surface area contributed by atoms with Gasteiger partial charge in [-0.2, -0.15) is 0 Å². The van der Waals surface area contributed by atoms with E-state index < -0.39 is 0 Å². The Morgan fingerprint density at radius 3 is 3.25 bits per heavy atom. The number of pyridine rings is 1. The molecule has 0 aliphatic carbocycles. The van der Waals surface area contributed by atoms with Crippen molar-refractivity contribution in [3.05, 3.63) is 23.9 Å². The number of carbonyl (C=O) groups excluding carboxylic acids is 1. The lowest BCUT2D eigenvalue weighted by atomic mass is 10.2. The maximum absolute atomic E-state index is 11.8. The van der Waals surface area contributed by atoms with Crippen molar-refractivity contribution in [1.29, 1.82) is 0 Å². The van der Waals surface area contributed by atoms with Crippen LogP contribution in [0.25, 0.3) is 0 Å². The summed E-state index contributed by atoms with van der Waals surface area (Å²) in [4.78, 5) is 15.8. The molecule has 6 nitrogen and oxygen atoms in total. The highest BCUT2D eigenvalue weighted by molar-refractivity contribution is 5.88. The third-order valence-electron chi connectivity index (χ3n) is 2.74. The second kappa shape index (κ2) is 7.48. The van der Waals surface area contributed by atoms with Crippen LogP contribution < -0.4 is 10.6 Å². The number of nitrogens with zero attached hydrogens (tertiary/aromatic N) is 1. The van der Waals surface area contributed by atoms with E-state index in [0.717, 1.165) is 12.0 Å². The van der Waals surface area contributed by atoms with Gasteiger partial charge in [0, 0.05) is 24.8 Å². The zero-order valence-corrected chi connectivity index (χ0v) is 11.1. The van der Waals surface area contributed by atoms with Crippen LogP contribution in [0.2, 0.25) is 0 Å². The van der Waals surface area contributed by atoms with E-state index in [-0.39, 0.29) is 18.7 Å². The molecule has 1 atom stereocenters. The molecule has 2 heterocycles. The van der Waals surface area contributed by atoms with Gasteiger partial charge in [0.05, 0.1) is 19.3 Å². The molecule has 1 aliphatic rings. The molecular weight excluding hydrogens is 258 g/mol. The van der Waals surface area contributed by atoms with Crippen molar-refractivity contribution in [3.8, 4) is 11.8 Å². The molecule has 2 rings (SSSR count). The van der Waals surface area contributed by atoms with Crippen LogP contribution in [0.15, 0.2) is 18.3 Å². The van der Waals surface area contributed by atoms with Crippen LogP contribution in [0.3, 0.4) is 0 Å². The summed E-state index contributed by atoms with van der Waals surface area (Å²) in [5.41, 5.74) is 0.743. The number of amides is 2. The maximum atomic E-state index is 11.8. The molecule has 6 heteroatoms. The van der Waals surface area contributed by atoms with E-state index in [1.165, 1.54) is 0 Å². The topological polar surface area (TPSA) is 83.5 Å². The molecule has 106 valence electrons. The number of urea groups is 1. The number of aliphatic hydroxyl groups is 1. The maximum Gasteiger partial charge on any atom is 0.320 e. The second-order valence-corrected chi connectivity index (χ2v) is 4.36. The molecule has 1 saturated heterocycles. The SMILES string of the molecule is O=C(Nc1cc(C#CCCO)ccn1)NC1CCOC1. The highest BCUT2D eigenvalue weighted by Crippen LogP contribution is 2.07. The fourth-order valence-corrected chi connectivity index (χ4v) is 1.78. The Hall–Kier alpha value is -2.10. The Labute approximate surface area is 117 Å². The first-order valence-corrected chi connectivity index (χ1v) is 6.49. The Morgan fingerprint density at radius 1 is 1.60 bits per heavy atom. The van der Waals surface area contributed by atoms with Crippen LogP contribution in [0.4, 0.5) is 10.6 Å². The Balaban J connectivity index is 1.90. The van der Waals surface area contributed by atoms with Crippen LogP contribution in [-0.4, -0.2) is 42.0 Å². The van der Waals surface area contributed by atoms with Crippen molar-refractivity contribution in [2.75, 3.05) is 25.1 Å². The van der Waals surface area contributed by atoms with Gasteiger partial charge in [0.2, 0.25) is 0 Å². The molecular formula is C14H17N3O3. The molecule has 0 spiro atoms. The first-order chi connectivity index (χ1) is 9.78. The summed E-state index contributed by atoms with van der Waals surface area (Å²) >= 11 is 0. The summed E-state index contributed by atoms with van der Waals surface area (Å²) in [6, 6.07) is 3.20. The predicted molar refractivity (Wildman–Crippen MR) is 74.2 cm³/mol. The molecule has 1 aliphatic heterocycles. The van der Waals surface area contributed by atoms with Gasteiger partial charge in [-0.05, 0) is 18.6 Å². The predicted octanol–water partition coefficient (Wildman–Crippen LogP) is 0.726. The zero-order chi connectivity index (χ0) is 14.2. The van der Waals surface area contributed by atoms with E-state index >= 15 is 0 Å². The highest BCUT2D eigenvalue weighted by Gasteiger charge is 2.17. The molecule has 0 radical (unpaired) electrons. The van der Waals surface area contributed by atoms with Gasteiger partial charge in [0.15, 0.2) is 0 Å². The third kappa shape index (κ3) is 4.53. The summed E-state index contributed by atoms with van der Waals surface area (Å²) < 4.78 is 5.19. The van der Waals surface area contributed by atoms with Gasteiger partial charge in [0.1, 0.15) is 5.82 Å². The first kappa shape index (κ1) is 14.3. The number of carbonyl (C=O) groups is 1. The van der Waals surface area contributed by atoms with Crippen LogP contribution in [0, 0.1) is 11.8 Å². The number of nitrogens with one attached hydrogen (secondary N) is 2. The Morgan fingerprint density at radius 2 is 2.50 bits per heavy atom. The van der Waals surface area contributed by atoms with Gasteiger partial charge in [-0.3, -0.25) is 5.32 Å².